The van der Waals surface area contributed by atoms with Crippen molar-refractivity contribution in [3.63, 3.8) is 0 Å². The normalized spacial score (nSPS) is 11.6. The van der Waals surface area contributed by atoms with Gasteiger partial charge in [0.05, 0.1) is 15.4 Å². The summed E-state index contributed by atoms with van der Waals surface area (Å²) in [5.74, 6) is 1.04. The van der Waals surface area contributed by atoms with Crippen molar-refractivity contribution in [2.45, 2.75) is 18.7 Å². The number of nitrogens with zero attached hydrogens (tertiary/aromatic N) is 1. The molecule has 0 radical (unpaired) electrons. The van der Waals surface area contributed by atoms with Crippen molar-refractivity contribution in [1.29, 1.82) is 0 Å². The van der Waals surface area contributed by atoms with Gasteiger partial charge in [-0.25, -0.2) is 13.1 Å². The number of rotatable bonds is 6. The molecular weight excluding hydrogens is 432 g/mol. The number of ether oxygens (including phenoxy) is 1. The van der Waals surface area contributed by atoms with E-state index in [1.807, 2.05) is 55.6 Å². The zero-order valence-corrected chi connectivity index (χ0v) is 18.7. The van der Waals surface area contributed by atoms with E-state index < -0.39 is 10.0 Å². The van der Waals surface area contributed by atoms with E-state index in [0.717, 1.165) is 27.6 Å². The van der Waals surface area contributed by atoms with Gasteiger partial charge in [-0.05, 0) is 53.9 Å². The van der Waals surface area contributed by atoms with Crippen LogP contribution < -0.4 is 9.46 Å². The fourth-order valence-electron chi connectivity index (χ4n) is 3.50. The van der Waals surface area contributed by atoms with Crippen LogP contribution in [0.1, 0.15) is 12.5 Å². The number of nitrogens with one attached hydrogen (secondary N) is 1. The van der Waals surface area contributed by atoms with E-state index in [1.54, 1.807) is 19.1 Å². The highest BCUT2D eigenvalue weighted by Crippen LogP contribution is 2.35. The predicted molar refractivity (Wildman–Crippen MR) is 124 cm³/mol. The largest absolute Gasteiger partial charge is 0.457 e. The Balaban J connectivity index is 1.72. The molecule has 0 fully saturated rings. The first-order chi connectivity index (χ1) is 14.9. The van der Waals surface area contributed by atoms with Gasteiger partial charge < -0.3 is 4.74 Å². The Morgan fingerprint density at radius 3 is 2.48 bits per heavy atom. The lowest BCUT2D eigenvalue weighted by Gasteiger charge is -2.13. The summed E-state index contributed by atoms with van der Waals surface area (Å²) in [5.41, 5.74) is 3.76. The summed E-state index contributed by atoms with van der Waals surface area (Å²) >= 11 is 6.34. The Hall–Kier alpha value is -2.93. The molecule has 0 amide bonds. The second-order valence-electron chi connectivity index (χ2n) is 7.06. The van der Waals surface area contributed by atoms with Crippen LogP contribution in [0.4, 0.5) is 0 Å². The van der Waals surface area contributed by atoms with Crippen LogP contribution in [0.25, 0.3) is 22.0 Å². The lowest BCUT2D eigenvalue weighted by molar-refractivity contribution is 0.481. The van der Waals surface area contributed by atoms with E-state index in [9.17, 15) is 8.42 Å². The Kier molecular flexibility index (Phi) is 5.96. The van der Waals surface area contributed by atoms with E-state index in [4.69, 9.17) is 16.3 Å². The van der Waals surface area contributed by atoms with Crippen molar-refractivity contribution in [1.82, 2.24) is 9.71 Å². The highest BCUT2D eigenvalue weighted by molar-refractivity contribution is 7.89. The summed E-state index contributed by atoms with van der Waals surface area (Å²) in [6, 6.07) is 19.8. The van der Waals surface area contributed by atoms with E-state index >= 15 is 0 Å². The predicted octanol–water partition coefficient (Wildman–Crippen LogP) is 5.95. The van der Waals surface area contributed by atoms with Crippen LogP contribution in [0.15, 0.2) is 77.8 Å². The Morgan fingerprint density at radius 1 is 1.00 bits per heavy atom. The molecular formula is C24H21ClN2O3S. The molecule has 0 spiro atoms. The van der Waals surface area contributed by atoms with Gasteiger partial charge in [-0.1, -0.05) is 48.9 Å². The third-order valence-corrected chi connectivity index (χ3v) is 6.69. The molecule has 4 rings (SSSR count). The fourth-order valence-corrected chi connectivity index (χ4v) is 4.80. The van der Waals surface area contributed by atoms with Gasteiger partial charge in [0.15, 0.2) is 0 Å². The van der Waals surface area contributed by atoms with Crippen molar-refractivity contribution in [2.24, 2.45) is 0 Å². The van der Waals surface area contributed by atoms with Crippen molar-refractivity contribution in [3.05, 3.63) is 83.5 Å². The molecule has 0 unspecified atom stereocenters. The lowest BCUT2D eigenvalue weighted by Crippen LogP contribution is -2.23. The average Bonchev–Trinajstić information content (AvgIpc) is 2.74. The van der Waals surface area contributed by atoms with E-state index in [-0.39, 0.29) is 4.90 Å². The monoisotopic (exact) mass is 452 g/mol. The summed E-state index contributed by atoms with van der Waals surface area (Å²) in [6.07, 6.45) is 1.81. The number of fused-ring (bicyclic) bond motifs is 1. The number of aryl methyl sites for hydroxylation is 1. The molecule has 0 saturated heterocycles. The molecule has 0 atom stereocenters. The smallest absolute Gasteiger partial charge is 0.240 e. The third kappa shape index (κ3) is 4.42. The van der Waals surface area contributed by atoms with E-state index in [1.165, 1.54) is 12.1 Å². The zero-order valence-electron chi connectivity index (χ0n) is 17.1. The minimum Gasteiger partial charge on any atom is -0.457 e. The molecule has 1 N–H and O–H groups in total. The Bertz CT molecular complexity index is 1370. The Morgan fingerprint density at radius 2 is 1.71 bits per heavy atom. The van der Waals surface area contributed by atoms with Gasteiger partial charge >= 0.3 is 0 Å². The van der Waals surface area contributed by atoms with Crippen LogP contribution in [-0.2, 0) is 10.0 Å². The van der Waals surface area contributed by atoms with Gasteiger partial charge in [-0.15, -0.1) is 0 Å². The van der Waals surface area contributed by atoms with Crippen LogP contribution in [-0.4, -0.2) is 19.9 Å². The van der Waals surface area contributed by atoms with Gasteiger partial charge in [-0.3, -0.25) is 4.98 Å². The summed E-state index contributed by atoms with van der Waals surface area (Å²) in [7, 11) is -3.56. The molecule has 5 nitrogen and oxygen atoms in total. The van der Waals surface area contributed by atoms with E-state index in [0.29, 0.717) is 23.1 Å². The Labute approximate surface area is 186 Å². The topological polar surface area (TPSA) is 68.3 Å². The number of para-hydroxylation sites is 1. The van der Waals surface area contributed by atoms with Crippen LogP contribution in [0.2, 0.25) is 5.02 Å². The highest BCUT2D eigenvalue weighted by Gasteiger charge is 2.14. The minimum absolute atomic E-state index is 0.161. The first-order valence-electron chi connectivity index (χ1n) is 9.81. The standard InChI is InChI=1S/C24H21ClN2O3S/c1-3-27-31(28,29)20-10-5-9-19(14-20)30-18-8-4-7-17(13-18)23-16(2)15-26-24-21(23)11-6-12-22(24)25/h4-15,27H,3H2,1-2H3. The number of sulfonamides is 1. The first kappa shape index (κ1) is 21.3. The molecule has 31 heavy (non-hydrogen) atoms. The van der Waals surface area contributed by atoms with Crippen LogP contribution in [0.3, 0.4) is 0 Å². The van der Waals surface area contributed by atoms with E-state index in [2.05, 4.69) is 9.71 Å². The maximum Gasteiger partial charge on any atom is 0.240 e. The summed E-state index contributed by atoms with van der Waals surface area (Å²) in [6.45, 7) is 4.06. The molecule has 4 aromatic rings. The van der Waals surface area contributed by atoms with Crippen molar-refractivity contribution in [2.75, 3.05) is 6.54 Å². The van der Waals surface area contributed by atoms with Crippen LogP contribution >= 0.6 is 11.6 Å². The summed E-state index contributed by atoms with van der Waals surface area (Å²) < 4.78 is 33.0. The molecule has 0 aliphatic carbocycles. The van der Waals surface area contributed by atoms with Gasteiger partial charge in [0, 0.05) is 24.2 Å². The summed E-state index contributed by atoms with van der Waals surface area (Å²) in [5, 5.41) is 1.56. The maximum atomic E-state index is 12.3. The molecule has 0 saturated carbocycles. The van der Waals surface area contributed by atoms with Gasteiger partial charge in [-0.2, -0.15) is 0 Å². The van der Waals surface area contributed by atoms with Crippen LogP contribution in [0, 0.1) is 6.92 Å². The van der Waals surface area contributed by atoms with Crippen LogP contribution in [0.5, 0.6) is 11.5 Å². The maximum absolute atomic E-state index is 12.3. The third-order valence-electron chi connectivity index (χ3n) is 4.85. The SMILES string of the molecule is CCNS(=O)(=O)c1cccc(Oc2cccc(-c3c(C)cnc4c(Cl)cccc34)c2)c1. The minimum atomic E-state index is -3.56. The second-order valence-corrected chi connectivity index (χ2v) is 9.23. The quantitative estimate of drug-likeness (QED) is 0.392. The zero-order chi connectivity index (χ0) is 22.0. The fraction of sp³-hybridized carbons (Fsp3) is 0.125. The number of hydrogen-bond donors (Lipinski definition) is 1. The molecule has 3 aromatic carbocycles. The number of hydrogen-bond acceptors (Lipinski definition) is 4. The number of benzene rings is 3. The molecule has 0 bridgehead atoms. The lowest BCUT2D eigenvalue weighted by atomic mass is 9.97. The van der Waals surface area contributed by atoms with Gasteiger partial charge in [0.25, 0.3) is 0 Å². The summed E-state index contributed by atoms with van der Waals surface area (Å²) in [4.78, 5) is 4.64. The highest BCUT2D eigenvalue weighted by atomic mass is 35.5. The molecule has 158 valence electrons. The average molecular weight is 453 g/mol. The number of aromatic nitrogens is 1. The molecule has 0 aliphatic rings. The second kappa shape index (κ2) is 8.67. The molecule has 1 aromatic heterocycles. The molecule has 0 aliphatic heterocycles. The number of pyridine rings is 1. The van der Waals surface area contributed by atoms with Crippen molar-refractivity contribution < 1.29 is 13.2 Å². The molecule has 1 heterocycles. The van der Waals surface area contributed by atoms with Crippen molar-refractivity contribution in [3.8, 4) is 22.6 Å². The van der Waals surface area contributed by atoms with Crippen molar-refractivity contribution >= 4 is 32.5 Å². The first-order valence-corrected chi connectivity index (χ1v) is 11.7. The van der Waals surface area contributed by atoms with Gasteiger partial charge in [0.2, 0.25) is 10.0 Å². The molecule has 7 heteroatoms. The number of halogens is 1. The van der Waals surface area contributed by atoms with Gasteiger partial charge in [0.1, 0.15) is 11.5 Å².